The van der Waals surface area contributed by atoms with Crippen molar-refractivity contribution in [3.8, 4) is 0 Å². The molecule has 0 saturated carbocycles. The molecule has 0 amide bonds. The van der Waals surface area contributed by atoms with E-state index in [1.165, 1.54) is 0 Å². The fraction of sp³-hybridized carbons (Fsp3) is 0.0952. The van der Waals surface area contributed by atoms with Gasteiger partial charge in [0.25, 0.3) is 0 Å². The third-order valence-electron chi connectivity index (χ3n) is 3.81. The smallest absolute Gasteiger partial charge is 0.184 e. The number of Topliss-reactive ketones (excluding diaryl/α,β-unsaturated/α-hetero) is 1. The number of rotatable bonds is 6. The van der Waals surface area contributed by atoms with Gasteiger partial charge >= 0.3 is 0 Å². The average Bonchev–Trinajstić information content (AvgIpc) is 2.64. The fourth-order valence-electron chi connectivity index (χ4n) is 2.59. The molecule has 0 spiro atoms. The highest BCUT2D eigenvalue weighted by molar-refractivity contribution is 6.00. The number of carbonyl (C=O) groups is 1. The molecule has 2 heteroatoms. The van der Waals surface area contributed by atoms with Crippen LogP contribution in [0.1, 0.15) is 27.5 Å². The molecule has 0 aliphatic heterocycles. The quantitative estimate of drug-likeness (QED) is 0.684. The number of benzene rings is 3. The van der Waals surface area contributed by atoms with E-state index in [1.54, 1.807) is 0 Å². The van der Waals surface area contributed by atoms with Crippen molar-refractivity contribution in [1.82, 2.24) is 5.32 Å². The first-order chi connectivity index (χ1) is 11.3. The highest BCUT2D eigenvalue weighted by Gasteiger charge is 2.21. The predicted molar refractivity (Wildman–Crippen MR) is 93.2 cm³/mol. The Bertz CT molecular complexity index is 739. The highest BCUT2D eigenvalue weighted by atomic mass is 16.1. The summed E-state index contributed by atoms with van der Waals surface area (Å²) >= 11 is 0. The van der Waals surface area contributed by atoms with Crippen molar-refractivity contribution in [2.75, 3.05) is 0 Å². The Hall–Kier alpha value is -2.71. The van der Waals surface area contributed by atoms with E-state index in [9.17, 15) is 4.79 Å². The molecule has 2 nitrogen and oxygen atoms in total. The monoisotopic (exact) mass is 301 g/mol. The van der Waals surface area contributed by atoms with Crippen molar-refractivity contribution in [1.29, 1.82) is 0 Å². The lowest BCUT2D eigenvalue weighted by atomic mass is 9.97. The molecular formula is C21H19NO. The molecule has 1 atom stereocenters. The lowest BCUT2D eigenvalue weighted by Gasteiger charge is -2.18. The van der Waals surface area contributed by atoms with Crippen LogP contribution >= 0.6 is 0 Å². The molecule has 3 aromatic carbocycles. The first-order valence-corrected chi connectivity index (χ1v) is 7.76. The summed E-state index contributed by atoms with van der Waals surface area (Å²) in [6, 6.07) is 29.1. The molecule has 0 fully saturated rings. The van der Waals surface area contributed by atoms with Crippen LogP contribution in [0.25, 0.3) is 0 Å². The van der Waals surface area contributed by atoms with E-state index in [2.05, 4.69) is 17.4 Å². The van der Waals surface area contributed by atoms with Gasteiger partial charge in [0.05, 0.1) is 6.04 Å². The van der Waals surface area contributed by atoms with Crippen LogP contribution in [0.5, 0.6) is 0 Å². The SMILES string of the molecule is O=C(c1ccccc1)[C@@H](NCc1ccccc1)c1ccccc1. The molecule has 0 heterocycles. The number of ketones is 1. The van der Waals surface area contributed by atoms with Crippen molar-refractivity contribution in [2.45, 2.75) is 12.6 Å². The molecule has 0 saturated heterocycles. The summed E-state index contributed by atoms with van der Waals surface area (Å²) in [5, 5.41) is 3.40. The van der Waals surface area contributed by atoms with Gasteiger partial charge in [-0.15, -0.1) is 0 Å². The average molecular weight is 301 g/mol. The summed E-state index contributed by atoms with van der Waals surface area (Å²) in [7, 11) is 0. The first kappa shape index (κ1) is 15.2. The van der Waals surface area contributed by atoms with Gasteiger partial charge in [0.15, 0.2) is 5.78 Å². The lowest BCUT2D eigenvalue weighted by molar-refractivity contribution is 0.0942. The molecule has 0 bridgehead atoms. The van der Waals surface area contributed by atoms with E-state index in [-0.39, 0.29) is 11.8 Å². The zero-order valence-electron chi connectivity index (χ0n) is 12.9. The molecule has 3 aromatic rings. The lowest BCUT2D eigenvalue weighted by Crippen LogP contribution is -2.28. The zero-order chi connectivity index (χ0) is 15.9. The molecule has 0 radical (unpaired) electrons. The van der Waals surface area contributed by atoms with Crippen LogP contribution in [0.2, 0.25) is 0 Å². The highest BCUT2D eigenvalue weighted by Crippen LogP contribution is 2.19. The summed E-state index contributed by atoms with van der Waals surface area (Å²) in [6.07, 6.45) is 0. The van der Waals surface area contributed by atoms with E-state index in [0.29, 0.717) is 6.54 Å². The van der Waals surface area contributed by atoms with Gasteiger partial charge in [0.1, 0.15) is 0 Å². The second-order valence-electron chi connectivity index (χ2n) is 5.44. The molecule has 3 rings (SSSR count). The number of carbonyl (C=O) groups excluding carboxylic acids is 1. The second-order valence-corrected chi connectivity index (χ2v) is 5.44. The molecule has 23 heavy (non-hydrogen) atoms. The maximum Gasteiger partial charge on any atom is 0.184 e. The van der Waals surface area contributed by atoms with E-state index in [0.717, 1.165) is 16.7 Å². The minimum Gasteiger partial charge on any atom is -0.299 e. The van der Waals surface area contributed by atoms with Crippen molar-refractivity contribution < 1.29 is 4.79 Å². The topological polar surface area (TPSA) is 29.1 Å². The third-order valence-corrected chi connectivity index (χ3v) is 3.81. The van der Waals surface area contributed by atoms with Crippen molar-refractivity contribution in [2.24, 2.45) is 0 Å². The van der Waals surface area contributed by atoms with Gasteiger partial charge in [0, 0.05) is 12.1 Å². The van der Waals surface area contributed by atoms with Crippen LogP contribution in [0, 0.1) is 0 Å². The van der Waals surface area contributed by atoms with Crippen LogP contribution in [0.3, 0.4) is 0 Å². The number of nitrogens with one attached hydrogen (secondary N) is 1. The Morgan fingerprint density at radius 2 is 1.26 bits per heavy atom. The van der Waals surface area contributed by atoms with Gasteiger partial charge in [-0.3, -0.25) is 10.1 Å². The van der Waals surface area contributed by atoms with Crippen LogP contribution in [-0.2, 0) is 6.54 Å². The number of hydrogen-bond donors (Lipinski definition) is 1. The molecule has 114 valence electrons. The molecular weight excluding hydrogens is 282 g/mol. The normalized spacial score (nSPS) is 11.8. The van der Waals surface area contributed by atoms with Gasteiger partial charge in [-0.05, 0) is 11.1 Å². The van der Waals surface area contributed by atoms with Crippen molar-refractivity contribution >= 4 is 5.78 Å². The third kappa shape index (κ3) is 3.93. The summed E-state index contributed by atoms with van der Waals surface area (Å²) in [5.74, 6) is 0.0905. The molecule has 0 unspecified atom stereocenters. The largest absolute Gasteiger partial charge is 0.299 e. The number of hydrogen-bond acceptors (Lipinski definition) is 2. The van der Waals surface area contributed by atoms with E-state index in [4.69, 9.17) is 0 Å². The molecule has 0 aromatic heterocycles. The summed E-state index contributed by atoms with van der Waals surface area (Å²) < 4.78 is 0. The molecule has 0 aliphatic rings. The molecule has 1 N–H and O–H groups in total. The Morgan fingerprint density at radius 3 is 1.87 bits per heavy atom. The Balaban J connectivity index is 1.84. The van der Waals surface area contributed by atoms with Gasteiger partial charge < -0.3 is 0 Å². The van der Waals surface area contributed by atoms with Gasteiger partial charge in [-0.25, -0.2) is 0 Å². The van der Waals surface area contributed by atoms with Crippen LogP contribution in [0.4, 0.5) is 0 Å². The van der Waals surface area contributed by atoms with E-state index < -0.39 is 0 Å². The predicted octanol–water partition coefficient (Wildman–Crippen LogP) is 4.40. The van der Waals surface area contributed by atoms with E-state index >= 15 is 0 Å². The maximum atomic E-state index is 12.9. The van der Waals surface area contributed by atoms with Gasteiger partial charge in [-0.2, -0.15) is 0 Å². The van der Waals surface area contributed by atoms with Crippen LogP contribution in [-0.4, -0.2) is 5.78 Å². The fourth-order valence-corrected chi connectivity index (χ4v) is 2.59. The minimum atomic E-state index is -0.348. The minimum absolute atomic E-state index is 0.0905. The Morgan fingerprint density at radius 1 is 0.739 bits per heavy atom. The second kappa shape index (κ2) is 7.52. The molecule has 0 aliphatic carbocycles. The Labute approximate surface area is 136 Å². The zero-order valence-corrected chi connectivity index (χ0v) is 12.9. The summed E-state index contributed by atoms with van der Waals surface area (Å²) in [4.78, 5) is 12.9. The van der Waals surface area contributed by atoms with Crippen LogP contribution < -0.4 is 5.32 Å². The van der Waals surface area contributed by atoms with Gasteiger partial charge in [0.2, 0.25) is 0 Å². The Kier molecular flexibility index (Phi) is 4.97. The van der Waals surface area contributed by atoms with Gasteiger partial charge in [-0.1, -0.05) is 91.0 Å². The van der Waals surface area contributed by atoms with Crippen molar-refractivity contribution in [3.63, 3.8) is 0 Å². The van der Waals surface area contributed by atoms with Crippen molar-refractivity contribution in [3.05, 3.63) is 108 Å². The van der Waals surface area contributed by atoms with E-state index in [1.807, 2.05) is 78.9 Å². The first-order valence-electron chi connectivity index (χ1n) is 7.76. The maximum absolute atomic E-state index is 12.9. The summed E-state index contributed by atoms with van der Waals surface area (Å²) in [5.41, 5.74) is 2.87. The van der Waals surface area contributed by atoms with Crippen LogP contribution in [0.15, 0.2) is 91.0 Å². The standard InChI is InChI=1S/C21H19NO/c23-21(19-14-8-3-9-15-19)20(18-12-6-2-7-13-18)22-16-17-10-4-1-5-11-17/h1-15,20,22H,16H2/t20-/m0/s1. The summed E-state index contributed by atoms with van der Waals surface area (Å²) in [6.45, 7) is 0.652.